The average molecular weight is 257 g/mol. The Morgan fingerprint density at radius 2 is 2.12 bits per heavy atom. The van der Waals surface area contributed by atoms with Gasteiger partial charge >= 0.3 is 0 Å². The number of sulfonamides is 1. The SMILES string of the molecule is NC(=O)c1cc(OC2CC2)c(S(N)(=O)=O)cn1. The van der Waals surface area contributed by atoms with E-state index in [-0.39, 0.29) is 22.4 Å². The molecular weight excluding hydrogens is 246 g/mol. The molecule has 1 heterocycles. The summed E-state index contributed by atoms with van der Waals surface area (Å²) in [5, 5.41) is 5.02. The molecule has 0 spiro atoms. The van der Waals surface area contributed by atoms with E-state index in [1.54, 1.807) is 0 Å². The molecule has 0 saturated heterocycles. The molecule has 7 nitrogen and oxygen atoms in total. The second-order valence-corrected chi connectivity index (χ2v) is 5.27. The number of nitrogens with zero attached hydrogens (tertiary/aromatic N) is 1. The molecule has 0 unspecified atom stereocenters. The number of aromatic nitrogens is 1. The van der Waals surface area contributed by atoms with Gasteiger partial charge in [-0.1, -0.05) is 0 Å². The van der Waals surface area contributed by atoms with Crippen molar-refractivity contribution in [1.29, 1.82) is 0 Å². The normalized spacial score (nSPS) is 15.6. The Morgan fingerprint density at radius 3 is 2.59 bits per heavy atom. The summed E-state index contributed by atoms with van der Waals surface area (Å²) in [6.07, 6.45) is 2.64. The number of rotatable bonds is 4. The predicted molar refractivity (Wildman–Crippen MR) is 57.8 cm³/mol. The van der Waals surface area contributed by atoms with Crippen molar-refractivity contribution in [3.63, 3.8) is 0 Å². The molecule has 1 amide bonds. The van der Waals surface area contributed by atoms with Gasteiger partial charge < -0.3 is 10.5 Å². The Labute approximate surface area is 97.8 Å². The number of carbonyl (C=O) groups is 1. The van der Waals surface area contributed by atoms with Gasteiger partial charge in [-0.3, -0.25) is 4.79 Å². The molecule has 4 N–H and O–H groups in total. The topological polar surface area (TPSA) is 125 Å². The highest BCUT2D eigenvalue weighted by atomic mass is 32.2. The van der Waals surface area contributed by atoms with Gasteiger partial charge in [-0.25, -0.2) is 18.5 Å². The van der Waals surface area contributed by atoms with Gasteiger partial charge in [0.15, 0.2) is 0 Å². The predicted octanol–water partition coefficient (Wildman–Crippen LogP) is -0.631. The van der Waals surface area contributed by atoms with Crippen LogP contribution in [0.25, 0.3) is 0 Å². The Balaban J connectivity index is 2.47. The number of primary sulfonamides is 1. The first kappa shape index (κ1) is 11.8. The fourth-order valence-corrected chi connectivity index (χ4v) is 1.82. The maximum absolute atomic E-state index is 11.3. The smallest absolute Gasteiger partial charge is 0.267 e. The van der Waals surface area contributed by atoms with E-state index in [2.05, 4.69) is 4.98 Å². The number of pyridine rings is 1. The molecule has 0 aliphatic heterocycles. The van der Waals surface area contributed by atoms with Crippen molar-refractivity contribution in [2.24, 2.45) is 10.9 Å². The minimum Gasteiger partial charge on any atom is -0.489 e. The van der Waals surface area contributed by atoms with Gasteiger partial charge in [0.2, 0.25) is 10.0 Å². The zero-order chi connectivity index (χ0) is 12.6. The van der Waals surface area contributed by atoms with Crippen LogP contribution in [0, 0.1) is 0 Å². The van der Waals surface area contributed by atoms with Gasteiger partial charge in [-0.15, -0.1) is 0 Å². The van der Waals surface area contributed by atoms with Crippen molar-refractivity contribution in [3.8, 4) is 5.75 Å². The van der Waals surface area contributed by atoms with Crippen molar-refractivity contribution < 1.29 is 17.9 Å². The van der Waals surface area contributed by atoms with Gasteiger partial charge in [-0.2, -0.15) is 0 Å². The standard InChI is InChI=1S/C9H11N3O4S/c10-9(13)6-3-7(16-5-1-2-5)8(4-12-6)17(11,14)15/h3-5H,1-2H2,(H2,10,13)(H2,11,14,15). The van der Waals surface area contributed by atoms with Crippen LogP contribution in [0.2, 0.25) is 0 Å². The highest BCUT2D eigenvalue weighted by Crippen LogP contribution is 2.30. The molecule has 92 valence electrons. The second kappa shape index (κ2) is 3.97. The molecule has 0 bridgehead atoms. The summed E-state index contributed by atoms with van der Waals surface area (Å²) in [4.78, 5) is 14.3. The van der Waals surface area contributed by atoms with Gasteiger partial charge in [0.1, 0.15) is 16.3 Å². The molecule has 1 aliphatic rings. The van der Waals surface area contributed by atoms with Crippen molar-refractivity contribution in [2.75, 3.05) is 0 Å². The van der Waals surface area contributed by atoms with Crippen molar-refractivity contribution in [3.05, 3.63) is 18.0 Å². The van der Waals surface area contributed by atoms with E-state index in [0.29, 0.717) is 0 Å². The molecule has 0 radical (unpaired) electrons. The van der Waals surface area contributed by atoms with Crippen LogP contribution in [0.1, 0.15) is 23.3 Å². The van der Waals surface area contributed by atoms with Crippen LogP contribution in [0.3, 0.4) is 0 Å². The van der Waals surface area contributed by atoms with Crippen LogP contribution in [0.15, 0.2) is 17.2 Å². The first-order valence-corrected chi connectivity index (χ1v) is 6.42. The number of hydrogen-bond donors (Lipinski definition) is 2. The molecule has 1 fully saturated rings. The average Bonchev–Trinajstić information content (AvgIpc) is 2.99. The first-order valence-electron chi connectivity index (χ1n) is 4.87. The molecule has 1 aliphatic carbocycles. The number of amides is 1. The lowest BCUT2D eigenvalue weighted by molar-refractivity contribution is 0.0994. The monoisotopic (exact) mass is 257 g/mol. The van der Waals surface area contributed by atoms with Crippen LogP contribution in [-0.4, -0.2) is 25.4 Å². The number of nitrogens with two attached hydrogens (primary N) is 2. The van der Waals surface area contributed by atoms with Gasteiger partial charge in [-0.05, 0) is 12.8 Å². The van der Waals surface area contributed by atoms with E-state index >= 15 is 0 Å². The highest BCUT2D eigenvalue weighted by molar-refractivity contribution is 7.89. The summed E-state index contributed by atoms with van der Waals surface area (Å²) in [6, 6.07) is 1.19. The minimum absolute atomic E-state index is 0.0267. The third-order valence-electron chi connectivity index (χ3n) is 2.21. The molecule has 0 aromatic carbocycles. The van der Waals surface area contributed by atoms with Crippen LogP contribution in [0.4, 0.5) is 0 Å². The van der Waals surface area contributed by atoms with E-state index in [9.17, 15) is 13.2 Å². The second-order valence-electron chi connectivity index (χ2n) is 3.74. The van der Waals surface area contributed by atoms with Crippen LogP contribution >= 0.6 is 0 Å². The zero-order valence-corrected chi connectivity index (χ0v) is 9.61. The van der Waals surface area contributed by atoms with E-state index in [0.717, 1.165) is 19.0 Å². The fraction of sp³-hybridized carbons (Fsp3) is 0.333. The van der Waals surface area contributed by atoms with E-state index in [1.807, 2.05) is 0 Å². The largest absolute Gasteiger partial charge is 0.489 e. The van der Waals surface area contributed by atoms with E-state index in [1.165, 1.54) is 6.07 Å². The Kier molecular flexibility index (Phi) is 2.76. The lowest BCUT2D eigenvalue weighted by atomic mass is 10.3. The summed E-state index contributed by atoms with van der Waals surface area (Å²) in [6.45, 7) is 0. The van der Waals surface area contributed by atoms with Crippen molar-refractivity contribution in [1.82, 2.24) is 4.98 Å². The maximum Gasteiger partial charge on any atom is 0.267 e. The molecular formula is C9H11N3O4S. The number of hydrogen-bond acceptors (Lipinski definition) is 5. The third kappa shape index (κ3) is 2.71. The number of carbonyl (C=O) groups excluding carboxylic acids is 1. The lowest BCUT2D eigenvalue weighted by Crippen LogP contribution is -2.18. The van der Waals surface area contributed by atoms with E-state index < -0.39 is 15.9 Å². The lowest BCUT2D eigenvalue weighted by Gasteiger charge is -2.09. The van der Waals surface area contributed by atoms with Crippen LogP contribution in [-0.2, 0) is 10.0 Å². The Hall–Kier alpha value is -1.67. The molecule has 1 saturated carbocycles. The molecule has 1 aromatic rings. The number of ether oxygens (including phenoxy) is 1. The van der Waals surface area contributed by atoms with Crippen LogP contribution in [0.5, 0.6) is 5.75 Å². The fourth-order valence-electron chi connectivity index (χ4n) is 1.23. The minimum atomic E-state index is -3.93. The molecule has 8 heteroatoms. The molecule has 2 rings (SSSR count). The molecule has 17 heavy (non-hydrogen) atoms. The van der Waals surface area contributed by atoms with Gasteiger partial charge in [0, 0.05) is 6.07 Å². The Morgan fingerprint density at radius 1 is 1.47 bits per heavy atom. The summed E-state index contributed by atoms with van der Waals surface area (Å²) in [5.41, 5.74) is 4.99. The summed E-state index contributed by atoms with van der Waals surface area (Å²) < 4.78 is 27.9. The summed E-state index contributed by atoms with van der Waals surface area (Å²) in [5.74, 6) is -0.731. The first-order chi connectivity index (χ1) is 7.88. The molecule has 0 atom stereocenters. The van der Waals surface area contributed by atoms with E-state index in [4.69, 9.17) is 15.6 Å². The quantitative estimate of drug-likeness (QED) is 0.742. The summed E-state index contributed by atoms with van der Waals surface area (Å²) in [7, 11) is -3.93. The zero-order valence-electron chi connectivity index (χ0n) is 8.79. The van der Waals surface area contributed by atoms with Crippen LogP contribution < -0.4 is 15.6 Å². The van der Waals surface area contributed by atoms with Gasteiger partial charge in [0.25, 0.3) is 5.91 Å². The number of primary amides is 1. The van der Waals surface area contributed by atoms with Gasteiger partial charge in [0.05, 0.1) is 12.3 Å². The summed E-state index contributed by atoms with van der Waals surface area (Å²) >= 11 is 0. The Bertz CT molecular complexity index is 566. The third-order valence-corrected chi connectivity index (χ3v) is 3.13. The van der Waals surface area contributed by atoms with Crippen molar-refractivity contribution in [2.45, 2.75) is 23.8 Å². The maximum atomic E-state index is 11.3. The highest BCUT2D eigenvalue weighted by Gasteiger charge is 2.27. The molecule has 1 aromatic heterocycles. The van der Waals surface area contributed by atoms with Crippen molar-refractivity contribution >= 4 is 15.9 Å².